The van der Waals surface area contributed by atoms with E-state index >= 15 is 0 Å². The van der Waals surface area contributed by atoms with Crippen molar-refractivity contribution in [1.29, 1.82) is 0 Å². The molecule has 0 atom stereocenters. The van der Waals surface area contributed by atoms with Crippen molar-refractivity contribution < 1.29 is 6.11 Å². The number of thiophene rings is 1. The minimum Gasteiger partial charge on any atom is -0.458 e. The van der Waals surface area contributed by atoms with Crippen LogP contribution in [0.3, 0.4) is 0 Å². The van der Waals surface area contributed by atoms with Gasteiger partial charge in [0.2, 0.25) is 0 Å². The van der Waals surface area contributed by atoms with E-state index in [2.05, 4.69) is 219 Å². The molecule has 0 spiro atoms. The molecule has 312 valence electrons. The summed E-state index contributed by atoms with van der Waals surface area (Å²) in [4.78, 5) is 7.09. The van der Waals surface area contributed by atoms with E-state index in [1.807, 2.05) is 23.5 Å². The van der Waals surface area contributed by atoms with Crippen molar-refractivity contribution in [3.63, 3.8) is 0 Å². The summed E-state index contributed by atoms with van der Waals surface area (Å²) in [6.45, 7) is 10.5. The molecule has 12 rings (SSSR count). The maximum Gasteiger partial charge on any atom is 0.257 e. The second-order valence-corrected chi connectivity index (χ2v) is 18.7. The van der Waals surface area contributed by atoms with Crippen molar-refractivity contribution in [2.24, 2.45) is 0 Å². The molecular formula is C59H46BN3OS. The molecule has 0 saturated heterocycles. The minimum atomic E-state index is -0.195. The zero-order valence-corrected chi connectivity index (χ0v) is 37.9. The monoisotopic (exact) mass is 856 g/mol. The summed E-state index contributed by atoms with van der Waals surface area (Å²) >= 11 is 1.84. The van der Waals surface area contributed by atoms with Crippen LogP contribution in [0.25, 0.3) is 20.2 Å². The molecule has 2 aliphatic rings. The van der Waals surface area contributed by atoms with Gasteiger partial charge in [0.1, 0.15) is 11.5 Å². The van der Waals surface area contributed by atoms with E-state index in [4.69, 9.17) is 4.74 Å². The third-order valence-corrected chi connectivity index (χ3v) is 14.4. The first-order valence-corrected chi connectivity index (χ1v) is 23.2. The summed E-state index contributed by atoms with van der Waals surface area (Å²) in [5, 5.41) is 2.40. The maximum absolute atomic E-state index is 9.36. The van der Waals surface area contributed by atoms with E-state index in [1.54, 1.807) is 0 Å². The minimum absolute atomic E-state index is 0.195. The van der Waals surface area contributed by atoms with E-state index in [-0.39, 0.29) is 6.71 Å². The lowest BCUT2D eigenvalue weighted by molar-refractivity contribution is 0.488. The molecule has 2 aliphatic heterocycles. The van der Waals surface area contributed by atoms with Crippen LogP contribution in [-0.2, 0) is 0 Å². The molecule has 3 heterocycles. The first-order valence-electron chi connectivity index (χ1n) is 22.8. The normalized spacial score (nSPS) is 12.7. The molecule has 0 N–H and O–H groups in total. The lowest BCUT2D eigenvalue weighted by Gasteiger charge is -2.41. The van der Waals surface area contributed by atoms with Gasteiger partial charge in [0.25, 0.3) is 6.71 Å². The Bertz CT molecular complexity index is 3420. The first-order chi connectivity index (χ1) is 32.2. The second-order valence-electron chi connectivity index (χ2n) is 17.7. The topological polar surface area (TPSA) is 19.0 Å². The summed E-state index contributed by atoms with van der Waals surface area (Å²) in [6.07, 6.45) is 0. The predicted molar refractivity (Wildman–Crippen MR) is 278 cm³/mol. The quantitative estimate of drug-likeness (QED) is 0.149. The molecule has 4 nitrogen and oxygen atoms in total. The lowest BCUT2D eigenvalue weighted by Crippen LogP contribution is -2.59. The fourth-order valence-corrected chi connectivity index (χ4v) is 11.1. The fourth-order valence-electron chi connectivity index (χ4n) is 9.89. The lowest BCUT2D eigenvalue weighted by atomic mass is 9.33. The molecule has 0 unspecified atom stereocenters. The molecule has 9 aromatic carbocycles. The third-order valence-electron chi connectivity index (χ3n) is 13.2. The van der Waals surface area contributed by atoms with Crippen molar-refractivity contribution >= 4 is 106 Å². The summed E-state index contributed by atoms with van der Waals surface area (Å²) in [5.74, 6) is 1.52. The number of nitrogens with zero attached hydrogens (tertiary/aromatic N) is 3. The summed E-state index contributed by atoms with van der Waals surface area (Å²) in [7, 11) is 0. The number of benzene rings is 9. The van der Waals surface area contributed by atoms with Crippen LogP contribution in [0.4, 0.5) is 51.2 Å². The summed E-state index contributed by atoms with van der Waals surface area (Å²) in [6, 6.07) is 66.4. The predicted octanol–water partition coefficient (Wildman–Crippen LogP) is 14.9. The largest absolute Gasteiger partial charge is 0.458 e. The second kappa shape index (κ2) is 15.3. The molecule has 65 heavy (non-hydrogen) atoms. The van der Waals surface area contributed by atoms with Gasteiger partial charge in [-0.1, -0.05) is 119 Å². The maximum atomic E-state index is 9.36. The smallest absolute Gasteiger partial charge is 0.257 e. The van der Waals surface area contributed by atoms with E-state index in [0.717, 1.165) is 67.9 Å². The van der Waals surface area contributed by atoms with Crippen LogP contribution in [0, 0.1) is 34.6 Å². The van der Waals surface area contributed by atoms with E-state index in [0.29, 0.717) is 11.8 Å². The first kappa shape index (κ1) is 38.0. The Morgan fingerprint density at radius 3 is 1.60 bits per heavy atom. The third kappa shape index (κ3) is 6.51. The highest BCUT2D eigenvalue weighted by atomic mass is 32.1. The molecule has 0 saturated carbocycles. The van der Waals surface area contributed by atoms with Crippen LogP contribution in [0.1, 0.15) is 29.2 Å². The van der Waals surface area contributed by atoms with E-state index in [1.165, 1.54) is 53.5 Å². The molecule has 10 aromatic rings. The highest BCUT2D eigenvalue weighted by Crippen LogP contribution is 2.50. The van der Waals surface area contributed by atoms with Gasteiger partial charge in [-0.15, -0.1) is 11.3 Å². The Morgan fingerprint density at radius 2 is 1.02 bits per heavy atom. The Morgan fingerprint density at radius 1 is 0.492 bits per heavy atom. The van der Waals surface area contributed by atoms with E-state index < -0.39 is 0 Å². The molecule has 0 fully saturated rings. The number of hydrogen-bond acceptors (Lipinski definition) is 5. The van der Waals surface area contributed by atoms with Gasteiger partial charge in [-0.25, -0.2) is 0 Å². The highest BCUT2D eigenvalue weighted by Gasteiger charge is 2.44. The highest BCUT2D eigenvalue weighted by molar-refractivity contribution is 7.27. The van der Waals surface area contributed by atoms with Crippen molar-refractivity contribution in [1.82, 2.24) is 0 Å². The number of anilines is 9. The number of aryl methyl sites for hydroxylation is 5. The van der Waals surface area contributed by atoms with Crippen LogP contribution in [0.5, 0.6) is 11.5 Å². The van der Waals surface area contributed by atoms with Crippen molar-refractivity contribution in [3.8, 4) is 11.5 Å². The van der Waals surface area contributed by atoms with Crippen molar-refractivity contribution in [2.75, 3.05) is 14.7 Å². The van der Waals surface area contributed by atoms with Crippen molar-refractivity contribution in [3.05, 3.63) is 216 Å². The number of fused-ring (bicyclic) bond motifs is 8. The van der Waals surface area contributed by atoms with Crippen LogP contribution in [0.15, 0.2) is 188 Å². The van der Waals surface area contributed by atoms with Crippen LogP contribution < -0.4 is 35.8 Å². The van der Waals surface area contributed by atoms with Gasteiger partial charge in [0.15, 0.2) is 0 Å². The zero-order valence-electron chi connectivity index (χ0n) is 38.1. The van der Waals surface area contributed by atoms with Gasteiger partial charge in [-0.3, -0.25) is 0 Å². The van der Waals surface area contributed by atoms with Gasteiger partial charge in [-0.05, 0) is 142 Å². The molecule has 1 aromatic heterocycles. The Kier molecular flexibility index (Phi) is 8.95. The Balaban J connectivity index is 1.16. The van der Waals surface area contributed by atoms with E-state index in [9.17, 15) is 1.37 Å². The average molecular weight is 857 g/mol. The number of hydrogen-bond donors (Lipinski definition) is 0. The Labute approximate surface area is 386 Å². The average Bonchev–Trinajstić information content (AvgIpc) is 3.72. The number of rotatable bonds is 7. The van der Waals surface area contributed by atoms with Gasteiger partial charge in [0.05, 0.1) is 11.8 Å². The standard InChI is InChI=1S/C59H46BN3OS/c1-37-13-23-42(24-14-37)61(43-25-15-38(2)16-26-43)47-33-34-49-51(35-47)63(46-31-21-41(5)22-32-46)50-10-8-11-53-57(50)60(49)58-54(64-53)36-52(59-56(58)48-9-6-7-12-55(48)65-59)62(44-27-17-39(3)18-28-44)45-29-19-40(4)20-30-45/h6-36H,1-5H3/i8D. The van der Waals surface area contributed by atoms with Crippen LogP contribution in [0.2, 0.25) is 0 Å². The van der Waals surface area contributed by atoms with Crippen LogP contribution >= 0.6 is 11.3 Å². The SMILES string of the molecule is [2H]c1cc2c3c(c1)N(c1ccc(C)cc1)c1cc(N(c4ccc(C)cc4)c4ccc(C)cc4)ccc1B3c1c(cc(N(c3ccc(C)cc3)c3ccc(C)cc3)c3sc4ccccc4c13)O2. The molecule has 6 heteroatoms. The fraction of sp³-hybridized carbons (Fsp3) is 0.0847. The van der Waals surface area contributed by atoms with Gasteiger partial charge < -0.3 is 19.4 Å². The van der Waals surface area contributed by atoms with Crippen LogP contribution in [-0.4, -0.2) is 6.71 Å². The summed E-state index contributed by atoms with van der Waals surface area (Å²) < 4.78 is 19.1. The molecule has 0 amide bonds. The zero-order chi connectivity index (χ0) is 44.8. The molecule has 0 radical (unpaired) electrons. The van der Waals surface area contributed by atoms with Crippen molar-refractivity contribution in [2.45, 2.75) is 34.6 Å². The number of ether oxygens (including phenoxy) is 1. The van der Waals surface area contributed by atoms with Gasteiger partial charge in [-0.2, -0.15) is 0 Å². The van der Waals surface area contributed by atoms with Gasteiger partial charge in [0, 0.05) is 67.0 Å². The summed E-state index contributed by atoms with van der Waals surface area (Å²) in [5.41, 5.74) is 18.9. The molecule has 0 aliphatic carbocycles. The molecule has 0 bridgehead atoms. The van der Waals surface area contributed by atoms with Gasteiger partial charge >= 0.3 is 0 Å². The molecular weight excluding hydrogens is 810 g/mol. The Hall–Kier alpha value is -7.54.